The lowest BCUT2D eigenvalue weighted by molar-refractivity contribution is -0.132. The van der Waals surface area contributed by atoms with Gasteiger partial charge < -0.3 is 5.11 Å². The highest BCUT2D eigenvalue weighted by molar-refractivity contribution is 7.89. The third-order valence-electron chi connectivity index (χ3n) is 2.86. The van der Waals surface area contributed by atoms with Crippen LogP contribution >= 0.6 is 0 Å². The zero-order valence-electron chi connectivity index (χ0n) is 11.8. The summed E-state index contributed by atoms with van der Waals surface area (Å²) >= 11 is 0. The molecule has 0 aliphatic heterocycles. The van der Waals surface area contributed by atoms with Gasteiger partial charge in [0, 0.05) is 11.6 Å². The molecule has 2 N–H and O–H groups in total. The van der Waals surface area contributed by atoms with E-state index in [-0.39, 0.29) is 16.5 Å². The van der Waals surface area contributed by atoms with Gasteiger partial charge >= 0.3 is 5.97 Å². The Morgan fingerprint density at radius 3 is 2.65 bits per heavy atom. The Bertz CT molecular complexity index is 620. The van der Waals surface area contributed by atoms with E-state index in [0.29, 0.717) is 12.0 Å². The first-order valence-electron chi connectivity index (χ1n) is 6.30. The largest absolute Gasteiger partial charge is 0.478 e. The van der Waals surface area contributed by atoms with E-state index in [1.54, 1.807) is 19.1 Å². The van der Waals surface area contributed by atoms with Crippen molar-refractivity contribution in [2.24, 2.45) is 0 Å². The fraction of sp³-hybridized carbons (Fsp3) is 0.357. The van der Waals surface area contributed by atoms with Gasteiger partial charge in [0.2, 0.25) is 10.0 Å². The van der Waals surface area contributed by atoms with E-state index in [1.165, 1.54) is 25.1 Å². The third-order valence-corrected chi connectivity index (χ3v) is 4.44. The minimum Gasteiger partial charge on any atom is -0.478 e. The first-order valence-corrected chi connectivity index (χ1v) is 7.78. The maximum atomic E-state index is 12.1. The van der Waals surface area contributed by atoms with Crippen molar-refractivity contribution in [1.82, 2.24) is 4.72 Å². The van der Waals surface area contributed by atoms with Gasteiger partial charge in [0.15, 0.2) is 0 Å². The van der Waals surface area contributed by atoms with Crippen LogP contribution in [0.1, 0.15) is 32.8 Å². The number of carboxylic acids is 1. The summed E-state index contributed by atoms with van der Waals surface area (Å²) in [5, 5.41) is 8.82. The summed E-state index contributed by atoms with van der Waals surface area (Å²) in [4.78, 5) is 10.9. The highest BCUT2D eigenvalue weighted by Crippen LogP contribution is 2.15. The Hall–Kier alpha value is -1.66. The van der Waals surface area contributed by atoms with E-state index in [2.05, 4.69) is 4.72 Å². The lowest BCUT2D eigenvalue weighted by Gasteiger charge is -2.12. The molecule has 0 saturated carbocycles. The predicted octanol–water partition coefficient (Wildman–Crippen LogP) is 2.25. The van der Waals surface area contributed by atoms with E-state index >= 15 is 0 Å². The quantitative estimate of drug-likeness (QED) is 0.789. The van der Waals surface area contributed by atoms with Crippen molar-refractivity contribution in [3.63, 3.8) is 0 Å². The summed E-state index contributed by atoms with van der Waals surface area (Å²) in [5.41, 5.74) is 0.686. The Kier molecular flexibility index (Phi) is 5.47. The molecule has 1 rings (SSSR count). The molecule has 110 valence electrons. The standard InChI is InChI=1S/C14H19NO4S/c1-4-11(3)15-20(18,19)13-7-5-6-12(9-13)8-10(2)14(16)17/h5-9,11,15H,4H2,1-3H3,(H,16,17). The van der Waals surface area contributed by atoms with Crippen molar-refractivity contribution in [2.75, 3.05) is 0 Å². The lowest BCUT2D eigenvalue weighted by atomic mass is 10.1. The highest BCUT2D eigenvalue weighted by atomic mass is 32.2. The fourth-order valence-electron chi connectivity index (χ4n) is 1.50. The van der Waals surface area contributed by atoms with Gasteiger partial charge in [0.25, 0.3) is 0 Å². The van der Waals surface area contributed by atoms with Crippen molar-refractivity contribution in [3.05, 3.63) is 35.4 Å². The summed E-state index contributed by atoms with van der Waals surface area (Å²) in [5.74, 6) is -1.03. The molecule has 0 aliphatic rings. The van der Waals surface area contributed by atoms with Gasteiger partial charge in [-0.25, -0.2) is 17.9 Å². The average Bonchev–Trinajstić information content (AvgIpc) is 2.38. The summed E-state index contributed by atoms with van der Waals surface area (Å²) in [6.07, 6.45) is 2.13. The van der Waals surface area contributed by atoms with Crippen molar-refractivity contribution < 1.29 is 18.3 Å². The van der Waals surface area contributed by atoms with Crippen LogP contribution in [0.25, 0.3) is 6.08 Å². The first-order chi connectivity index (χ1) is 9.26. The van der Waals surface area contributed by atoms with E-state index < -0.39 is 16.0 Å². The van der Waals surface area contributed by atoms with Gasteiger partial charge in [-0.2, -0.15) is 0 Å². The zero-order chi connectivity index (χ0) is 15.3. The Morgan fingerprint density at radius 1 is 1.45 bits per heavy atom. The van der Waals surface area contributed by atoms with Gasteiger partial charge in [-0.15, -0.1) is 0 Å². The SMILES string of the molecule is CCC(C)NS(=O)(=O)c1cccc(C=C(C)C(=O)O)c1. The number of nitrogens with one attached hydrogen (secondary N) is 1. The molecule has 1 aromatic rings. The summed E-state index contributed by atoms with van der Waals surface area (Å²) in [6, 6.07) is 6.04. The van der Waals surface area contributed by atoms with Crippen LogP contribution in [0.15, 0.2) is 34.7 Å². The number of rotatable bonds is 6. The van der Waals surface area contributed by atoms with Gasteiger partial charge in [-0.05, 0) is 44.0 Å². The molecular formula is C14H19NO4S. The maximum absolute atomic E-state index is 12.1. The van der Waals surface area contributed by atoms with E-state index in [0.717, 1.165) is 0 Å². The minimum atomic E-state index is -3.58. The number of carboxylic acid groups (broad SMARTS) is 1. The molecule has 0 amide bonds. The molecule has 1 aromatic carbocycles. The molecule has 0 fully saturated rings. The van der Waals surface area contributed by atoms with Gasteiger partial charge in [-0.3, -0.25) is 0 Å². The summed E-state index contributed by atoms with van der Waals surface area (Å²) < 4.78 is 26.8. The second-order valence-electron chi connectivity index (χ2n) is 4.64. The molecule has 0 heterocycles. The van der Waals surface area contributed by atoms with Crippen LogP contribution in [-0.4, -0.2) is 25.5 Å². The van der Waals surface area contributed by atoms with Crippen LogP contribution in [-0.2, 0) is 14.8 Å². The van der Waals surface area contributed by atoms with Crippen LogP contribution in [0.3, 0.4) is 0 Å². The van der Waals surface area contributed by atoms with Crippen molar-refractivity contribution in [2.45, 2.75) is 38.1 Å². The molecular weight excluding hydrogens is 278 g/mol. The molecule has 1 unspecified atom stereocenters. The van der Waals surface area contributed by atoms with E-state index in [1.807, 2.05) is 6.92 Å². The predicted molar refractivity (Wildman–Crippen MR) is 77.8 cm³/mol. The van der Waals surface area contributed by atoms with Crippen molar-refractivity contribution >= 4 is 22.1 Å². The smallest absolute Gasteiger partial charge is 0.331 e. The Labute approximate surface area is 119 Å². The van der Waals surface area contributed by atoms with Crippen LogP contribution in [0.2, 0.25) is 0 Å². The molecule has 0 bridgehead atoms. The van der Waals surface area contributed by atoms with E-state index in [4.69, 9.17) is 5.11 Å². The number of carbonyl (C=O) groups is 1. The van der Waals surface area contributed by atoms with Crippen molar-refractivity contribution in [1.29, 1.82) is 0 Å². The minimum absolute atomic E-state index is 0.129. The van der Waals surface area contributed by atoms with Crippen molar-refractivity contribution in [3.8, 4) is 0 Å². The number of aliphatic carboxylic acids is 1. The topological polar surface area (TPSA) is 83.5 Å². The van der Waals surface area contributed by atoms with Gasteiger partial charge in [0.05, 0.1) is 4.90 Å². The first kappa shape index (κ1) is 16.4. The molecule has 0 spiro atoms. The van der Waals surface area contributed by atoms with Gasteiger partial charge in [0.1, 0.15) is 0 Å². The highest BCUT2D eigenvalue weighted by Gasteiger charge is 2.16. The zero-order valence-corrected chi connectivity index (χ0v) is 12.6. The fourth-order valence-corrected chi connectivity index (χ4v) is 2.88. The second kappa shape index (κ2) is 6.67. The molecule has 0 aromatic heterocycles. The summed E-state index contributed by atoms with van der Waals surface area (Å²) in [6.45, 7) is 5.14. The van der Waals surface area contributed by atoms with Crippen LogP contribution in [0, 0.1) is 0 Å². The third kappa shape index (κ3) is 4.47. The molecule has 0 aliphatic carbocycles. The molecule has 6 heteroatoms. The molecule has 5 nitrogen and oxygen atoms in total. The van der Waals surface area contributed by atoms with Gasteiger partial charge in [-0.1, -0.05) is 19.1 Å². The normalized spacial score (nSPS) is 14.1. The second-order valence-corrected chi connectivity index (χ2v) is 6.35. The summed E-state index contributed by atoms with van der Waals surface area (Å²) in [7, 11) is -3.58. The molecule has 0 saturated heterocycles. The average molecular weight is 297 g/mol. The van der Waals surface area contributed by atoms with Crippen LogP contribution in [0.4, 0.5) is 0 Å². The maximum Gasteiger partial charge on any atom is 0.331 e. The van der Waals surface area contributed by atoms with Crippen LogP contribution < -0.4 is 4.72 Å². The van der Waals surface area contributed by atoms with E-state index in [9.17, 15) is 13.2 Å². The number of hydrogen-bond acceptors (Lipinski definition) is 3. The lowest BCUT2D eigenvalue weighted by Crippen LogP contribution is -2.32. The number of sulfonamides is 1. The Morgan fingerprint density at radius 2 is 2.10 bits per heavy atom. The van der Waals surface area contributed by atoms with Crippen LogP contribution in [0.5, 0.6) is 0 Å². The molecule has 1 atom stereocenters. The molecule has 20 heavy (non-hydrogen) atoms. The number of benzene rings is 1. The monoisotopic (exact) mass is 297 g/mol. The Balaban J connectivity index is 3.11. The number of hydrogen-bond donors (Lipinski definition) is 2. The molecule has 0 radical (unpaired) electrons.